The van der Waals surface area contributed by atoms with Crippen molar-refractivity contribution in [2.75, 3.05) is 6.73 Å². The van der Waals surface area contributed by atoms with E-state index in [0.717, 1.165) is 42.5 Å². The topological polar surface area (TPSA) is 143 Å². The second-order valence-electron chi connectivity index (χ2n) is 10.9. The first-order chi connectivity index (χ1) is 23.2. The molecule has 4 aromatic rings. The van der Waals surface area contributed by atoms with Gasteiger partial charge in [-0.25, -0.2) is 19.0 Å². The normalized spacial score (nSPS) is 14.2. The number of ether oxygens (including phenoxy) is 1. The van der Waals surface area contributed by atoms with Crippen LogP contribution in [0, 0.1) is 11.3 Å². The number of amides is 1. The van der Waals surface area contributed by atoms with Crippen LogP contribution in [0.4, 0.5) is 35.1 Å². The van der Waals surface area contributed by atoms with Crippen LogP contribution in [0.5, 0.6) is 0 Å². The lowest BCUT2D eigenvalue weighted by Gasteiger charge is -2.27. The number of carbonyl (C=O) groups excluding carboxylic acids is 2. The first kappa shape index (κ1) is 35.8. The third kappa shape index (κ3) is 6.45. The Balaban J connectivity index is 1.47. The van der Waals surface area contributed by atoms with Gasteiger partial charge < -0.3 is 9.84 Å². The first-order valence-electron chi connectivity index (χ1n) is 13.9. The van der Waals surface area contributed by atoms with E-state index in [9.17, 15) is 54.8 Å². The number of halogens is 9. The average Bonchev–Trinajstić information content (AvgIpc) is 3.51. The molecule has 2 aromatic heterocycles. The Morgan fingerprint density at radius 3 is 2.18 bits per heavy atom. The van der Waals surface area contributed by atoms with Gasteiger partial charge in [0.2, 0.25) is 0 Å². The summed E-state index contributed by atoms with van der Waals surface area (Å²) >= 11 is 6.30. The number of alkyl halides is 8. The number of aromatic carboxylic acids is 1. The molecule has 11 nitrogen and oxygen atoms in total. The number of esters is 1. The maximum Gasteiger partial charge on any atom is 0.459 e. The van der Waals surface area contributed by atoms with Gasteiger partial charge in [0.1, 0.15) is 11.1 Å². The largest absolute Gasteiger partial charge is 0.478 e. The number of nitriles is 1. The van der Waals surface area contributed by atoms with E-state index in [1.165, 1.54) is 24.3 Å². The molecule has 5 rings (SSSR count). The molecule has 20 heteroatoms. The Morgan fingerprint density at radius 1 is 1.02 bits per heavy atom. The van der Waals surface area contributed by atoms with Gasteiger partial charge in [0, 0.05) is 18.8 Å². The molecule has 0 bridgehead atoms. The second kappa shape index (κ2) is 12.4. The molecule has 1 aliphatic rings. The Hall–Kier alpha value is -5.51. The minimum absolute atomic E-state index is 0.0432. The molecule has 0 saturated heterocycles. The fraction of sp³-hybridized carbons (Fsp3) is 0.267. The van der Waals surface area contributed by atoms with Crippen LogP contribution in [0.15, 0.2) is 54.9 Å². The van der Waals surface area contributed by atoms with Crippen molar-refractivity contribution in [3.05, 3.63) is 87.8 Å². The molecular weight excluding hydrogens is 712 g/mol. The van der Waals surface area contributed by atoms with E-state index in [4.69, 9.17) is 21.4 Å². The highest BCUT2D eigenvalue weighted by atomic mass is 35.5. The maximum absolute atomic E-state index is 14.2. The third-order valence-corrected chi connectivity index (χ3v) is 8.00. The van der Waals surface area contributed by atoms with Gasteiger partial charge in [0.25, 0.3) is 5.91 Å². The summed E-state index contributed by atoms with van der Waals surface area (Å²) in [5, 5.41) is 25.3. The first-order valence-corrected chi connectivity index (χ1v) is 14.3. The predicted molar refractivity (Wildman–Crippen MR) is 153 cm³/mol. The lowest BCUT2D eigenvalue weighted by atomic mass is 10.0. The summed E-state index contributed by atoms with van der Waals surface area (Å²) in [5.41, 5.74) is -6.74. The number of carboxylic acids is 1. The van der Waals surface area contributed by atoms with Crippen molar-refractivity contribution in [1.82, 2.24) is 24.5 Å². The molecule has 0 atom stereocenters. The summed E-state index contributed by atoms with van der Waals surface area (Å²) in [6.45, 7) is -0.740. The molecule has 1 amide bonds. The highest BCUT2D eigenvalue weighted by molar-refractivity contribution is 6.34. The van der Waals surface area contributed by atoms with Crippen molar-refractivity contribution >= 4 is 29.4 Å². The van der Waals surface area contributed by atoms with Crippen LogP contribution in [0.3, 0.4) is 0 Å². The molecular formula is C30H19ClF8N6O5. The molecule has 0 radical (unpaired) electrons. The summed E-state index contributed by atoms with van der Waals surface area (Å²) in [4.78, 5) is 38.5. The molecule has 2 heterocycles. The van der Waals surface area contributed by atoms with Gasteiger partial charge in [-0.05, 0) is 54.8 Å². The van der Waals surface area contributed by atoms with E-state index in [1.807, 2.05) is 6.07 Å². The molecule has 1 N–H and O–H groups in total. The summed E-state index contributed by atoms with van der Waals surface area (Å²) in [6, 6.07) is 10.3. The van der Waals surface area contributed by atoms with Crippen LogP contribution in [0.25, 0.3) is 16.9 Å². The molecule has 1 saturated carbocycles. The van der Waals surface area contributed by atoms with E-state index < -0.39 is 65.5 Å². The number of rotatable bonds is 9. The lowest BCUT2D eigenvalue weighted by molar-refractivity contribution is -0.292. The summed E-state index contributed by atoms with van der Waals surface area (Å²) in [7, 11) is 0.719. The van der Waals surface area contributed by atoms with E-state index >= 15 is 0 Å². The van der Waals surface area contributed by atoms with Gasteiger partial charge in [0.05, 0.1) is 34.0 Å². The molecule has 0 aliphatic heterocycles. The van der Waals surface area contributed by atoms with Gasteiger partial charge >= 0.3 is 30.2 Å². The SMILES string of the molecule is Cn1nc(C(F)(F)C(F)(F)F)c(C(F)(F)F)c1-n1cc(-c2ccc(Cl)c(C(=O)N(COC(=O)c3ccc(C(=O)O)cc3)C3(C#N)CC3)c2)cn1. The van der Waals surface area contributed by atoms with Gasteiger partial charge in [0.15, 0.2) is 18.2 Å². The fourth-order valence-corrected chi connectivity index (χ4v) is 5.09. The maximum atomic E-state index is 14.2. The quantitative estimate of drug-likeness (QED) is 0.115. The van der Waals surface area contributed by atoms with Crippen LogP contribution in [0.2, 0.25) is 5.02 Å². The third-order valence-electron chi connectivity index (χ3n) is 7.67. The minimum atomic E-state index is -6.40. The van der Waals surface area contributed by atoms with Gasteiger partial charge in [-0.1, -0.05) is 17.7 Å². The Labute approximate surface area is 279 Å². The number of aromatic nitrogens is 4. The monoisotopic (exact) mass is 730 g/mol. The molecule has 1 aliphatic carbocycles. The van der Waals surface area contributed by atoms with Crippen LogP contribution in [-0.2, 0) is 23.9 Å². The van der Waals surface area contributed by atoms with Gasteiger partial charge in [-0.2, -0.15) is 50.6 Å². The van der Waals surface area contributed by atoms with Crippen LogP contribution in [-0.4, -0.2) is 65.9 Å². The van der Waals surface area contributed by atoms with Crippen LogP contribution in [0.1, 0.15) is 55.2 Å². The highest BCUT2D eigenvalue weighted by Crippen LogP contribution is 2.49. The number of aryl methyl sites for hydroxylation is 1. The Bertz CT molecular complexity index is 2050. The van der Waals surface area contributed by atoms with Gasteiger partial charge in [-0.15, -0.1) is 0 Å². The zero-order valence-corrected chi connectivity index (χ0v) is 25.7. The van der Waals surface area contributed by atoms with Crippen LogP contribution >= 0.6 is 11.6 Å². The van der Waals surface area contributed by atoms with E-state index in [0.29, 0.717) is 4.68 Å². The van der Waals surface area contributed by atoms with Crippen molar-refractivity contribution in [1.29, 1.82) is 5.26 Å². The Morgan fingerprint density at radius 2 is 1.64 bits per heavy atom. The average molecular weight is 731 g/mol. The van der Waals surface area contributed by atoms with E-state index in [1.54, 1.807) is 0 Å². The summed E-state index contributed by atoms with van der Waals surface area (Å²) < 4.78 is 115. The Kier molecular flexibility index (Phi) is 8.89. The number of carbonyl (C=O) groups is 3. The highest BCUT2D eigenvalue weighted by Gasteiger charge is 2.64. The zero-order chi connectivity index (χ0) is 37.0. The number of nitrogens with zero attached hydrogens (tertiary/aromatic N) is 6. The molecule has 262 valence electrons. The molecule has 0 spiro atoms. The van der Waals surface area contributed by atoms with Crippen molar-refractivity contribution in [2.45, 2.75) is 36.7 Å². The molecule has 50 heavy (non-hydrogen) atoms. The minimum Gasteiger partial charge on any atom is -0.478 e. The summed E-state index contributed by atoms with van der Waals surface area (Å²) in [6.07, 6.45) is -9.92. The fourth-order valence-electron chi connectivity index (χ4n) is 4.89. The lowest BCUT2D eigenvalue weighted by Crippen LogP contribution is -2.43. The van der Waals surface area contributed by atoms with E-state index in [-0.39, 0.29) is 50.4 Å². The smallest absolute Gasteiger partial charge is 0.459 e. The van der Waals surface area contributed by atoms with Crippen molar-refractivity contribution in [2.24, 2.45) is 7.05 Å². The number of hydrogen-bond donors (Lipinski definition) is 1. The molecule has 0 unspecified atom stereocenters. The summed E-state index contributed by atoms with van der Waals surface area (Å²) in [5.74, 6) is -10.3. The molecule has 2 aromatic carbocycles. The second-order valence-corrected chi connectivity index (χ2v) is 11.3. The van der Waals surface area contributed by atoms with Gasteiger partial charge in [-0.3, -0.25) is 9.69 Å². The van der Waals surface area contributed by atoms with Crippen molar-refractivity contribution in [3.8, 4) is 23.0 Å². The van der Waals surface area contributed by atoms with Crippen molar-refractivity contribution < 1.29 is 59.4 Å². The number of hydrogen-bond acceptors (Lipinski definition) is 7. The standard InChI is InChI=1S/C30H19ClF8N6O5/c1-43-23(21(29(34,35)36)22(42-43)28(32,33)30(37,38)39)45-12-18(11-41-45)17-6-7-20(31)19(10-17)24(46)44(27(13-40)8-9-27)14-50-26(49)16-4-2-15(3-5-16)25(47)48/h2-7,10-12H,8-9,14H2,1H3,(H,47,48). The molecule has 1 fully saturated rings. The number of benzene rings is 2. The van der Waals surface area contributed by atoms with Crippen molar-refractivity contribution in [3.63, 3.8) is 0 Å². The van der Waals surface area contributed by atoms with Crippen LogP contribution < -0.4 is 0 Å². The van der Waals surface area contributed by atoms with E-state index in [2.05, 4.69) is 10.2 Å². The number of carboxylic acid groups (broad SMARTS) is 1. The predicted octanol–water partition coefficient (Wildman–Crippen LogP) is 6.61. The zero-order valence-electron chi connectivity index (χ0n) is 25.0.